The van der Waals surface area contributed by atoms with Crippen LogP contribution in [0.2, 0.25) is 5.02 Å². The highest BCUT2D eigenvalue weighted by Crippen LogP contribution is 2.39. The van der Waals surface area contributed by atoms with Gasteiger partial charge < -0.3 is 20.1 Å². The molecule has 1 amide bonds. The van der Waals surface area contributed by atoms with Gasteiger partial charge in [0, 0.05) is 18.7 Å². The Bertz CT molecular complexity index is 465. The van der Waals surface area contributed by atoms with Crippen molar-refractivity contribution in [2.24, 2.45) is 0 Å². The van der Waals surface area contributed by atoms with Gasteiger partial charge in [-0.05, 0) is 6.07 Å². The topological polar surface area (TPSA) is 59.6 Å². The number of piperazine rings is 1. The number of hydrogen-bond donors (Lipinski definition) is 2. The first kappa shape index (κ1) is 13.0. The average Bonchev–Trinajstić information content (AvgIpc) is 2.39. The number of benzene rings is 1. The molecule has 0 spiro atoms. The van der Waals surface area contributed by atoms with E-state index in [-0.39, 0.29) is 5.91 Å². The van der Waals surface area contributed by atoms with Crippen LogP contribution in [0.3, 0.4) is 0 Å². The van der Waals surface area contributed by atoms with Crippen LogP contribution in [-0.4, -0.2) is 33.2 Å². The number of amides is 1. The summed E-state index contributed by atoms with van der Waals surface area (Å²) in [4.78, 5) is 11.8. The SMILES string of the molecule is COc1ccc(C2NCCNC2=O)c(Cl)c1OC. The molecule has 1 aliphatic rings. The first-order valence-electron chi connectivity index (χ1n) is 5.60. The van der Waals surface area contributed by atoms with Gasteiger partial charge in [-0.2, -0.15) is 0 Å². The van der Waals surface area contributed by atoms with E-state index in [0.29, 0.717) is 35.2 Å². The zero-order valence-electron chi connectivity index (χ0n) is 10.2. The summed E-state index contributed by atoms with van der Waals surface area (Å²) < 4.78 is 10.4. The number of rotatable bonds is 3. The molecular weight excluding hydrogens is 256 g/mol. The van der Waals surface area contributed by atoms with E-state index in [2.05, 4.69) is 10.6 Å². The van der Waals surface area contributed by atoms with Crippen LogP contribution in [0.15, 0.2) is 12.1 Å². The molecule has 6 heteroatoms. The summed E-state index contributed by atoms with van der Waals surface area (Å²) in [7, 11) is 3.06. The number of carbonyl (C=O) groups excluding carboxylic acids is 1. The van der Waals surface area contributed by atoms with Gasteiger partial charge in [0.1, 0.15) is 6.04 Å². The van der Waals surface area contributed by atoms with Crippen molar-refractivity contribution in [1.82, 2.24) is 10.6 Å². The summed E-state index contributed by atoms with van der Waals surface area (Å²) >= 11 is 6.27. The summed E-state index contributed by atoms with van der Waals surface area (Å²) in [6.45, 7) is 1.33. The van der Waals surface area contributed by atoms with Crippen LogP contribution in [0.5, 0.6) is 11.5 Å². The predicted molar refractivity (Wildman–Crippen MR) is 68.3 cm³/mol. The molecule has 0 radical (unpaired) electrons. The Morgan fingerprint density at radius 3 is 2.67 bits per heavy atom. The molecule has 1 heterocycles. The summed E-state index contributed by atoms with van der Waals surface area (Å²) in [6, 6.07) is 3.06. The molecular formula is C12H15ClN2O3. The van der Waals surface area contributed by atoms with E-state index in [9.17, 15) is 4.79 Å². The minimum Gasteiger partial charge on any atom is -0.493 e. The van der Waals surface area contributed by atoms with E-state index >= 15 is 0 Å². The van der Waals surface area contributed by atoms with Crippen molar-refractivity contribution in [1.29, 1.82) is 0 Å². The highest BCUT2D eigenvalue weighted by atomic mass is 35.5. The highest BCUT2D eigenvalue weighted by molar-refractivity contribution is 6.33. The molecule has 98 valence electrons. The Kier molecular flexibility index (Phi) is 3.93. The lowest BCUT2D eigenvalue weighted by Gasteiger charge is -2.25. The van der Waals surface area contributed by atoms with Crippen LogP contribution in [0.4, 0.5) is 0 Å². The molecule has 0 aromatic heterocycles. The van der Waals surface area contributed by atoms with E-state index in [1.54, 1.807) is 19.2 Å². The Morgan fingerprint density at radius 1 is 1.28 bits per heavy atom. The van der Waals surface area contributed by atoms with Gasteiger partial charge in [-0.3, -0.25) is 4.79 Å². The first-order chi connectivity index (χ1) is 8.69. The van der Waals surface area contributed by atoms with Crippen LogP contribution in [-0.2, 0) is 4.79 Å². The number of ether oxygens (including phenoxy) is 2. The molecule has 18 heavy (non-hydrogen) atoms. The number of halogens is 1. The maximum atomic E-state index is 11.8. The third-order valence-electron chi connectivity index (χ3n) is 2.86. The van der Waals surface area contributed by atoms with Crippen LogP contribution in [0.25, 0.3) is 0 Å². The first-order valence-corrected chi connectivity index (χ1v) is 5.98. The number of carbonyl (C=O) groups is 1. The summed E-state index contributed by atoms with van der Waals surface area (Å²) in [5.74, 6) is 0.898. The van der Waals surface area contributed by atoms with E-state index in [4.69, 9.17) is 21.1 Å². The largest absolute Gasteiger partial charge is 0.493 e. The van der Waals surface area contributed by atoms with Crippen LogP contribution >= 0.6 is 11.6 Å². The lowest BCUT2D eigenvalue weighted by molar-refractivity contribution is -0.124. The van der Waals surface area contributed by atoms with Crippen molar-refractivity contribution in [2.45, 2.75) is 6.04 Å². The van der Waals surface area contributed by atoms with Gasteiger partial charge in [0.15, 0.2) is 11.5 Å². The van der Waals surface area contributed by atoms with E-state index < -0.39 is 6.04 Å². The maximum absolute atomic E-state index is 11.8. The molecule has 1 fully saturated rings. The molecule has 1 aromatic carbocycles. The molecule has 1 aromatic rings. The molecule has 1 atom stereocenters. The second-order valence-corrected chi connectivity index (χ2v) is 4.26. The van der Waals surface area contributed by atoms with Gasteiger partial charge in [0.05, 0.1) is 19.2 Å². The van der Waals surface area contributed by atoms with Crippen LogP contribution in [0, 0.1) is 0 Å². The highest BCUT2D eigenvalue weighted by Gasteiger charge is 2.27. The van der Waals surface area contributed by atoms with Crippen LogP contribution < -0.4 is 20.1 Å². The number of nitrogens with one attached hydrogen (secondary N) is 2. The minimum absolute atomic E-state index is 0.0876. The Morgan fingerprint density at radius 2 is 2.06 bits per heavy atom. The molecule has 0 saturated carbocycles. The number of methoxy groups -OCH3 is 2. The zero-order chi connectivity index (χ0) is 13.1. The summed E-state index contributed by atoms with van der Waals surface area (Å²) in [5, 5.41) is 6.31. The normalized spacial score (nSPS) is 19.3. The molecule has 0 bridgehead atoms. The van der Waals surface area contributed by atoms with Crippen molar-refractivity contribution in [3.63, 3.8) is 0 Å². The molecule has 5 nitrogen and oxygen atoms in total. The fourth-order valence-corrected chi connectivity index (χ4v) is 2.32. The monoisotopic (exact) mass is 270 g/mol. The zero-order valence-corrected chi connectivity index (χ0v) is 11.0. The quantitative estimate of drug-likeness (QED) is 0.864. The molecule has 1 aliphatic heterocycles. The van der Waals surface area contributed by atoms with Gasteiger partial charge in [-0.25, -0.2) is 0 Å². The van der Waals surface area contributed by atoms with Crippen molar-refractivity contribution in [3.05, 3.63) is 22.7 Å². The Labute approximate surface area is 110 Å². The minimum atomic E-state index is -0.453. The summed E-state index contributed by atoms with van der Waals surface area (Å²) in [5.41, 5.74) is 0.687. The van der Waals surface area contributed by atoms with Crippen molar-refractivity contribution >= 4 is 17.5 Å². The molecule has 1 unspecified atom stereocenters. The molecule has 1 saturated heterocycles. The molecule has 2 rings (SSSR count). The Hall–Kier alpha value is -1.46. The van der Waals surface area contributed by atoms with Gasteiger partial charge in [-0.1, -0.05) is 17.7 Å². The van der Waals surface area contributed by atoms with Gasteiger partial charge in [0.25, 0.3) is 0 Å². The van der Waals surface area contributed by atoms with Crippen molar-refractivity contribution in [3.8, 4) is 11.5 Å². The summed E-state index contributed by atoms with van der Waals surface area (Å²) in [6.07, 6.45) is 0. The van der Waals surface area contributed by atoms with Crippen LogP contribution in [0.1, 0.15) is 11.6 Å². The standard InChI is InChI=1S/C12H15ClN2O3/c1-17-8-4-3-7(9(13)11(8)18-2)10-12(16)15-6-5-14-10/h3-4,10,14H,5-6H2,1-2H3,(H,15,16). The second-order valence-electron chi connectivity index (χ2n) is 3.88. The number of hydrogen-bond acceptors (Lipinski definition) is 4. The molecule has 2 N–H and O–H groups in total. The third kappa shape index (κ3) is 2.23. The fourth-order valence-electron chi connectivity index (χ4n) is 1.98. The average molecular weight is 271 g/mol. The second kappa shape index (κ2) is 5.46. The van der Waals surface area contributed by atoms with E-state index in [1.807, 2.05) is 0 Å². The van der Waals surface area contributed by atoms with Gasteiger partial charge in [0.2, 0.25) is 5.91 Å². The predicted octanol–water partition coefficient (Wildman–Crippen LogP) is 1.12. The van der Waals surface area contributed by atoms with E-state index in [0.717, 1.165) is 0 Å². The fraction of sp³-hybridized carbons (Fsp3) is 0.417. The van der Waals surface area contributed by atoms with Crippen molar-refractivity contribution < 1.29 is 14.3 Å². The molecule has 0 aliphatic carbocycles. The third-order valence-corrected chi connectivity index (χ3v) is 3.25. The van der Waals surface area contributed by atoms with Gasteiger partial charge >= 0.3 is 0 Å². The van der Waals surface area contributed by atoms with Crippen molar-refractivity contribution in [2.75, 3.05) is 27.3 Å². The lowest BCUT2D eigenvalue weighted by Crippen LogP contribution is -2.47. The smallest absolute Gasteiger partial charge is 0.241 e. The van der Waals surface area contributed by atoms with Gasteiger partial charge in [-0.15, -0.1) is 0 Å². The lowest BCUT2D eigenvalue weighted by atomic mass is 10.0. The Balaban J connectivity index is 2.42. The maximum Gasteiger partial charge on any atom is 0.241 e. The van der Waals surface area contributed by atoms with E-state index in [1.165, 1.54) is 7.11 Å².